The van der Waals surface area contributed by atoms with Crippen LogP contribution < -0.4 is 10.1 Å². The molecule has 0 saturated carbocycles. The van der Waals surface area contributed by atoms with E-state index in [0.29, 0.717) is 6.04 Å². The highest BCUT2D eigenvalue weighted by molar-refractivity contribution is 5.28. The smallest absolute Gasteiger partial charge is 0.119 e. The lowest BCUT2D eigenvalue weighted by atomic mass is 10.1. The molecule has 0 aliphatic carbocycles. The summed E-state index contributed by atoms with van der Waals surface area (Å²) in [5.41, 5.74) is 1.33. The maximum Gasteiger partial charge on any atom is 0.119 e. The minimum Gasteiger partial charge on any atom is -0.492 e. The zero-order chi connectivity index (χ0) is 13.2. The molecular weight excluding hydrogens is 222 g/mol. The molecule has 0 bridgehead atoms. The molecule has 1 rings (SSSR count). The Morgan fingerprint density at radius 3 is 2.67 bits per heavy atom. The van der Waals surface area contributed by atoms with Crippen molar-refractivity contribution >= 4 is 0 Å². The Morgan fingerprint density at radius 2 is 2.00 bits per heavy atom. The average molecular weight is 249 g/mol. The van der Waals surface area contributed by atoms with Gasteiger partial charge in [0.25, 0.3) is 0 Å². The fourth-order valence-corrected chi connectivity index (χ4v) is 1.99. The van der Waals surface area contributed by atoms with Crippen LogP contribution in [0.15, 0.2) is 24.3 Å². The quantitative estimate of drug-likeness (QED) is 0.719. The van der Waals surface area contributed by atoms with E-state index in [4.69, 9.17) is 4.74 Å². The minimum absolute atomic E-state index is 0.472. The fraction of sp³-hybridized carbons (Fsp3) is 0.625. The molecule has 0 aromatic heterocycles. The van der Waals surface area contributed by atoms with Gasteiger partial charge in [-0.1, -0.05) is 39.3 Å². The van der Waals surface area contributed by atoms with E-state index in [1.807, 2.05) is 6.07 Å². The van der Waals surface area contributed by atoms with Gasteiger partial charge in [-0.05, 0) is 43.5 Å². The van der Waals surface area contributed by atoms with Crippen molar-refractivity contribution in [3.63, 3.8) is 0 Å². The topological polar surface area (TPSA) is 21.3 Å². The van der Waals surface area contributed by atoms with Crippen LogP contribution in [0.1, 0.15) is 45.6 Å². The third-order valence-corrected chi connectivity index (χ3v) is 3.08. The van der Waals surface area contributed by atoms with E-state index in [1.54, 1.807) is 0 Å². The lowest BCUT2D eigenvalue weighted by molar-refractivity contribution is 0.255. The zero-order valence-electron chi connectivity index (χ0n) is 12.0. The van der Waals surface area contributed by atoms with Crippen molar-refractivity contribution in [3.05, 3.63) is 29.8 Å². The van der Waals surface area contributed by atoms with E-state index in [0.717, 1.165) is 25.3 Å². The summed E-state index contributed by atoms with van der Waals surface area (Å²) >= 11 is 0. The van der Waals surface area contributed by atoms with E-state index in [2.05, 4.69) is 44.3 Å². The van der Waals surface area contributed by atoms with Crippen LogP contribution in [-0.4, -0.2) is 19.2 Å². The maximum atomic E-state index is 5.90. The number of hydrogen-bond acceptors (Lipinski definition) is 2. The van der Waals surface area contributed by atoms with Crippen LogP contribution in [-0.2, 0) is 6.42 Å². The van der Waals surface area contributed by atoms with Crippen LogP contribution in [0, 0.1) is 0 Å². The minimum atomic E-state index is 0.472. The highest BCUT2D eigenvalue weighted by Crippen LogP contribution is 2.14. The molecule has 0 aliphatic heterocycles. The van der Waals surface area contributed by atoms with Gasteiger partial charge in [-0.3, -0.25) is 0 Å². The Morgan fingerprint density at radius 1 is 1.17 bits per heavy atom. The van der Waals surface area contributed by atoms with Gasteiger partial charge in [0.15, 0.2) is 0 Å². The Balaban J connectivity index is 2.44. The van der Waals surface area contributed by atoms with Crippen LogP contribution in [0.2, 0.25) is 0 Å². The maximum absolute atomic E-state index is 5.90. The number of aryl methyl sites for hydroxylation is 1. The first-order valence-electron chi connectivity index (χ1n) is 7.25. The van der Waals surface area contributed by atoms with Crippen molar-refractivity contribution in [2.45, 2.75) is 52.5 Å². The highest BCUT2D eigenvalue weighted by Gasteiger charge is 2.07. The summed E-state index contributed by atoms with van der Waals surface area (Å²) in [5, 5.41) is 3.54. The molecule has 0 fully saturated rings. The molecular formula is C16H27NO. The predicted octanol–water partition coefficient (Wildman–Crippen LogP) is 3.80. The first-order chi connectivity index (χ1) is 8.80. The van der Waals surface area contributed by atoms with Crippen LogP contribution in [0.3, 0.4) is 0 Å². The van der Waals surface area contributed by atoms with Crippen LogP contribution in [0.4, 0.5) is 0 Å². The summed E-state index contributed by atoms with van der Waals surface area (Å²) in [5.74, 6) is 0.994. The van der Waals surface area contributed by atoms with Gasteiger partial charge in [0, 0.05) is 6.04 Å². The molecule has 2 nitrogen and oxygen atoms in total. The molecule has 1 atom stereocenters. The third-order valence-electron chi connectivity index (χ3n) is 3.08. The molecule has 18 heavy (non-hydrogen) atoms. The molecule has 0 radical (unpaired) electrons. The van der Waals surface area contributed by atoms with E-state index in [9.17, 15) is 0 Å². The van der Waals surface area contributed by atoms with Gasteiger partial charge >= 0.3 is 0 Å². The zero-order valence-corrected chi connectivity index (χ0v) is 12.0. The first kappa shape index (κ1) is 15.0. The molecule has 1 aromatic rings. The molecule has 1 N–H and O–H groups in total. The lowest BCUT2D eigenvalue weighted by Gasteiger charge is -2.18. The first-order valence-corrected chi connectivity index (χ1v) is 7.25. The highest BCUT2D eigenvalue weighted by atomic mass is 16.5. The molecule has 2 heteroatoms. The number of benzene rings is 1. The van der Waals surface area contributed by atoms with E-state index in [1.165, 1.54) is 24.8 Å². The van der Waals surface area contributed by atoms with Crippen molar-refractivity contribution in [3.8, 4) is 5.75 Å². The molecule has 0 spiro atoms. The van der Waals surface area contributed by atoms with Crippen molar-refractivity contribution in [2.24, 2.45) is 0 Å². The molecule has 102 valence electrons. The Bertz CT molecular complexity index is 325. The summed E-state index contributed by atoms with van der Waals surface area (Å²) in [6, 6.07) is 8.87. The van der Waals surface area contributed by atoms with Gasteiger partial charge in [-0.2, -0.15) is 0 Å². The second kappa shape index (κ2) is 8.98. The fourth-order valence-electron chi connectivity index (χ4n) is 1.99. The lowest BCUT2D eigenvalue weighted by Crippen LogP contribution is -2.35. The second-order valence-electron chi connectivity index (χ2n) is 4.75. The SMILES string of the molecule is CCCNC(CCC)COc1cccc(CC)c1. The van der Waals surface area contributed by atoms with Crippen molar-refractivity contribution in [1.29, 1.82) is 0 Å². The third kappa shape index (κ3) is 5.54. The molecule has 0 saturated heterocycles. The number of ether oxygens (including phenoxy) is 1. The summed E-state index contributed by atoms with van der Waals surface area (Å²) in [4.78, 5) is 0. The van der Waals surface area contributed by atoms with Gasteiger partial charge in [0.2, 0.25) is 0 Å². The summed E-state index contributed by atoms with van der Waals surface area (Å²) < 4.78 is 5.90. The Labute approximate surface area is 112 Å². The standard InChI is InChI=1S/C16H27NO/c1-4-8-15(17-11-5-2)13-18-16-10-7-9-14(6-3)12-16/h7,9-10,12,15,17H,4-6,8,11,13H2,1-3H3. The van der Waals surface area contributed by atoms with Gasteiger partial charge < -0.3 is 10.1 Å². The normalized spacial score (nSPS) is 12.4. The molecule has 1 unspecified atom stereocenters. The Hall–Kier alpha value is -1.02. The van der Waals surface area contributed by atoms with E-state index in [-0.39, 0.29) is 0 Å². The summed E-state index contributed by atoms with van der Waals surface area (Å²) in [6.45, 7) is 8.42. The molecule has 0 heterocycles. The molecule has 0 amide bonds. The van der Waals surface area contributed by atoms with Crippen molar-refractivity contribution < 1.29 is 4.74 Å². The van der Waals surface area contributed by atoms with Crippen LogP contribution in [0.5, 0.6) is 5.75 Å². The van der Waals surface area contributed by atoms with Gasteiger partial charge in [0.1, 0.15) is 12.4 Å². The molecule has 0 aliphatic rings. The van der Waals surface area contributed by atoms with Crippen molar-refractivity contribution in [1.82, 2.24) is 5.32 Å². The van der Waals surface area contributed by atoms with Crippen LogP contribution >= 0.6 is 0 Å². The van der Waals surface area contributed by atoms with Crippen molar-refractivity contribution in [2.75, 3.05) is 13.2 Å². The second-order valence-corrected chi connectivity index (χ2v) is 4.75. The van der Waals surface area contributed by atoms with E-state index >= 15 is 0 Å². The van der Waals surface area contributed by atoms with Gasteiger partial charge in [-0.25, -0.2) is 0 Å². The largest absolute Gasteiger partial charge is 0.492 e. The predicted molar refractivity (Wildman–Crippen MR) is 78.3 cm³/mol. The Kier molecular flexibility index (Phi) is 7.51. The number of hydrogen-bond donors (Lipinski definition) is 1. The number of nitrogens with one attached hydrogen (secondary N) is 1. The number of rotatable bonds is 9. The van der Waals surface area contributed by atoms with Crippen LogP contribution in [0.25, 0.3) is 0 Å². The average Bonchev–Trinajstić information content (AvgIpc) is 2.42. The van der Waals surface area contributed by atoms with Gasteiger partial charge in [0.05, 0.1) is 0 Å². The van der Waals surface area contributed by atoms with E-state index < -0.39 is 0 Å². The monoisotopic (exact) mass is 249 g/mol. The summed E-state index contributed by atoms with van der Waals surface area (Å²) in [7, 11) is 0. The van der Waals surface area contributed by atoms with Gasteiger partial charge in [-0.15, -0.1) is 0 Å². The molecule has 1 aromatic carbocycles. The summed E-state index contributed by atoms with van der Waals surface area (Å²) in [6.07, 6.45) is 4.60.